The molecule has 2 amide bonds. The topological polar surface area (TPSA) is 62.2 Å². The van der Waals surface area contributed by atoms with Gasteiger partial charge in [0.1, 0.15) is 5.82 Å². The zero-order chi connectivity index (χ0) is 19.8. The van der Waals surface area contributed by atoms with E-state index in [0.29, 0.717) is 12.6 Å². The Hall–Kier alpha value is -2.34. The Labute approximate surface area is 168 Å². The van der Waals surface area contributed by atoms with E-state index in [1.54, 1.807) is 6.20 Å². The second-order valence-corrected chi connectivity index (χ2v) is 7.77. The van der Waals surface area contributed by atoms with Gasteiger partial charge < -0.3 is 15.2 Å². The van der Waals surface area contributed by atoms with Crippen LogP contribution in [-0.2, 0) is 13.1 Å². The number of hydrogen-bond acceptors (Lipinski definition) is 3. The van der Waals surface area contributed by atoms with Gasteiger partial charge in [-0.05, 0) is 44.9 Å². The summed E-state index contributed by atoms with van der Waals surface area (Å²) in [6.45, 7) is 4.34. The lowest BCUT2D eigenvalue weighted by atomic mass is 9.94. The predicted octanol–water partition coefficient (Wildman–Crippen LogP) is 4.17. The molecular weight excluding hydrogens is 350 g/mol. The summed E-state index contributed by atoms with van der Waals surface area (Å²) in [5.41, 5.74) is 2.06. The summed E-state index contributed by atoms with van der Waals surface area (Å²) in [5.74, 6) is 1.00. The third kappa shape index (κ3) is 5.83. The smallest absolute Gasteiger partial charge is 0.319 e. The number of hydrogen-bond donors (Lipinski definition) is 2. The zero-order valence-electron chi connectivity index (χ0n) is 17.2. The summed E-state index contributed by atoms with van der Waals surface area (Å²) < 4.78 is 2.09. The van der Waals surface area contributed by atoms with Gasteiger partial charge in [-0.3, -0.25) is 4.90 Å². The maximum atomic E-state index is 12.3. The van der Waals surface area contributed by atoms with E-state index in [0.717, 1.165) is 31.0 Å². The molecule has 1 fully saturated rings. The summed E-state index contributed by atoms with van der Waals surface area (Å²) in [6, 6.07) is 8.62. The van der Waals surface area contributed by atoms with Crippen LogP contribution < -0.4 is 10.6 Å². The number of anilines is 1. The average molecular weight is 384 g/mol. The highest BCUT2D eigenvalue weighted by atomic mass is 16.2. The molecule has 0 atom stereocenters. The molecule has 2 aromatic rings. The number of aromatic nitrogens is 2. The van der Waals surface area contributed by atoms with Gasteiger partial charge in [-0.1, -0.05) is 37.5 Å². The molecule has 1 aliphatic carbocycles. The molecule has 1 aliphatic rings. The van der Waals surface area contributed by atoms with E-state index in [1.165, 1.54) is 37.7 Å². The summed E-state index contributed by atoms with van der Waals surface area (Å²) >= 11 is 0. The van der Waals surface area contributed by atoms with Gasteiger partial charge in [0.15, 0.2) is 0 Å². The van der Waals surface area contributed by atoms with Crippen LogP contribution in [0.2, 0.25) is 0 Å². The van der Waals surface area contributed by atoms with E-state index in [4.69, 9.17) is 0 Å². The highest BCUT2D eigenvalue weighted by Gasteiger charge is 2.19. The van der Waals surface area contributed by atoms with Gasteiger partial charge in [0, 0.05) is 43.8 Å². The van der Waals surface area contributed by atoms with Crippen molar-refractivity contribution in [2.45, 2.75) is 64.6 Å². The van der Waals surface area contributed by atoms with Crippen LogP contribution in [0.1, 0.15) is 49.9 Å². The molecule has 0 unspecified atom stereocenters. The SMILES string of the molecule is Cc1nccn1CCCNC(=O)Nc1ccccc1CN(C)C1CCCCC1. The standard InChI is InChI=1S/C22H33N5O/c1-18-23-14-16-27(18)15-8-13-24-22(28)25-21-12-7-6-9-19(21)17-26(2)20-10-4-3-5-11-20/h6-7,9,12,14,16,20H,3-5,8,10-11,13,15,17H2,1-2H3,(H2,24,25,28). The van der Waals surface area contributed by atoms with E-state index in [1.807, 2.05) is 31.3 Å². The molecule has 1 heterocycles. The number of urea groups is 1. The van der Waals surface area contributed by atoms with E-state index in [9.17, 15) is 4.79 Å². The molecule has 1 saturated carbocycles. The van der Waals surface area contributed by atoms with Gasteiger partial charge in [0.05, 0.1) is 0 Å². The molecule has 1 aromatic carbocycles. The Morgan fingerprint density at radius 1 is 1.25 bits per heavy atom. The normalized spacial score (nSPS) is 15.0. The van der Waals surface area contributed by atoms with Crippen LogP contribution in [0.3, 0.4) is 0 Å². The minimum Gasteiger partial charge on any atom is -0.338 e. The quantitative estimate of drug-likeness (QED) is 0.673. The lowest BCUT2D eigenvalue weighted by molar-refractivity contribution is 0.185. The third-order valence-corrected chi connectivity index (χ3v) is 5.67. The number of nitrogens with one attached hydrogen (secondary N) is 2. The van der Waals surface area contributed by atoms with Crippen molar-refractivity contribution in [3.05, 3.63) is 48.0 Å². The van der Waals surface area contributed by atoms with Gasteiger partial charge in [-0.25, -0.2) is 9.78 Å². The first-order valence-corrected chi connectivity index (χ1v) is 10.4. The molecular formula is C22H33N5O. The van der Waals surface area contributed by atoms with E-state index in [2.05, 4.69) is 38.2 Å². The first-order chi connectivity index (χ1) is 13.6. The first kappa shape index (κ1) is 20.4. The minimum absolute atomic E-state index is 0.143. The number of benzene rings is 1. The average Bonchev–Trinajstić information content (AvgIpc) is 3.12. The fourth-order valence-corrected chi connectivity index (χ4v) is 3.96. The molecule has 0 radical (unpaired) electrons. The molecule has 3 rings (SSSR count). The number of nitrogens with zero attached hydrogens (tertiary/aromatic N) is 3. The molecule has 152 valence electrons. The number of rotatable bonds is 8. The van der Waals surface area contributed by atoms with Crippen molar-refractivity contribution in [1.82, 2.24) is 19.8 Å². The maximum Gasteiger partial charge on any atom is 0.319 e. The number of para-hydroxylation sites is 1. The Bertz CT molecular complexity index is 751. The van der Waals surface area contributed by atoms with Gasteiger partial charge in [-0.15, -0.1) is 0 Å². The maximum absolute atomic E-state index is 12.3. The molecule has 28 heavy (non-hydrogen) atoms. The highest BCUT2D eigenvalue weighted by molar-refractivity contribution is 5.90. The second-order valence-electron chi connectivity index (χ2n) is 7.77. The molecule has 0 bridgehead atoms. The molecule has 6 nitrogen and oxygen atoms in total. The van der Waals surface area contributed by atoms with Crippen LogP contribution in [0.25, 0.3) is 0 Å². The third-order valence-electron chi connectivity index (χ3n) is 5.67. The highest BCUT2D eigenvalue weighted by Crippen LogP contribution is 2.24. The van der Waals surface area contributed by atoms with Crippen LogP contribution in [-0.4, -0.2) is 40.1 Å². The predicted molar refractivity (Wildman–Crippen MR) is 113 cm³/mol. The number of amides is 2. The Morgan fingerprint density at radius 2 is 2.04 bits per heavy atom. The summed E-state index contributed by atoms with van der Waals surface area (Å²) in [6.07, 6.45) is 11.2. The van der Waals surface area contributed by atoms with Gasteiger partial charge in [0.2, 0.25) is 0 Å². The van der Waals surface area contributed by atoms with Crippen molar-refractivity contribution in [3.63, 3.8) is 0 Å². The number of carbonyl (C=O) groups excluding carboxylic acids is 1. The summed E-state index contributed by atoms with van der Waals surface area (Å²) in [4.78, 5) is 19.0. The number of imidazole rings is 1. The fraction of sp³-hybridized carbons (Fsp3) is 0.545. The molecule has 0 saturated heterocycles. The van der Waals surface area contributed by atoms with Gasteiger partial charge >= 0.3 is 6.03 Å². The summed E-state index contributed by atoms with van der Waals surface area (Å²) in [7, 11) is 2.20. The Kier molecular flexibility index (Phi) is 7.48. The van der Waals surface area contributed by atoms with Crippen molar-refractivity contribution in [2.24, 2.45) is 0 Å². The van der Waals surface area contributed by atoms with Crippen LogP contribution in [0.5, 0.6) is 0 Å². The lowest BCUT2D eigenvalue weighted by Crippen LogP contribution is -2.34. The van der Waals surface area contributed by atoms with Crippen LogP contribution in [0.15, 0.2) is 36.7 Å². The van der Waals surface area contributed by atoms with Crippen molar-refractivity contribution >= 4 is 11.7 Å². The molecule has 1 aromatic heterocycles. The van der Waals surface area contributed by atoms with Crippen LogP contribution >= 0.6 is 0 Å². The van der Waals surface area contributed by atoms with E-state index < -0.39 is 0 Å². The number of carbonyl (C=O) groups is 1. The lowest BCUT2D eigenvalue weighted by Gasteiger charge is -2.31. The first-order valence-electron chi connectivity index (χ1n) is 10.4. The zero-order valence-corrected chi connectivity index (χ0v) is 17.2. The molecule has 6 heteroatoms. The van der Waals surface area contributed by atoms with Crippen molar-refractivity contribution in [2.75, 3.05) is 18.9 Å². The molecule has 0 spiro atoms. The fourth-order valence-electron chi connectivity index (χ4n) is 3.96. The van der Waals surface area contributed by atoms with E-state index in [-0.39, 0.29) is 6.03 Å². The van der Waals surface area contributed by atoms with Crippen molar-refractivity contribution in [1.29, 1.82) is 0 Å². The largest absolute Gasteiger partial charge is 0.338 e. The minimum atomic E-state index is -0.143. The molecule has 2 N–H and O–H groups in total. The Balaban J connectivity index is 1.46. The van der Waals surface area contributed by atoms with Crippen molar-refractivity contribution in [3.8, 4) is 0 Å². The molecule has 0 aliphatic heterocycles. The van der Waals surface area contributed by atoms with Crippen molar-refractivity contribution < 1.29 is 4.79 Å². The van der Waals surface area contributed by atoms with Crippen LogP contribution in [0, 0.1) is 6.92 Å². The van der Waals surface area contributed by atoms with Gasteiger partial charge in [0.25, 0.3) is 0 Å². The van der Waals surface area contributed by atoms with E-state index >= 15 is 0 Å². The number of aryl methyl sites for hydroxylation is 2. The van der Waals surface area contributed by atoms with Crippen LogP contribution in [0.4, 0.5) is 10.5 Å². The Morgan fingerprint density at radius 3 is 2.79 bits per heavy atom. The summed E-state index contributed by atoms with van der Waals surface area (Å²) in [5, 5.41) is 5.99. The van der Waals surface area contributed by atoms with Gasteiger partial charge in [-0.2, -0.15) is 0 Å². The second kappa shape index (κ2) is 10.3. The monoisotopic (exact) mass is 383 g/mol.